The Kier molecular flexibility index (Phi) is 4.98. The van der Waals surface area contributed by atoms with Gasteiger partial charge in [-0.3, -0.25) is 4.79 Å². The van der Waals surface area contributed by atoms with Gasteiger partial charge in [0, 0.05) is 37.9 Å². The number of rotatable bonds is 6. The molecule has 0 aliphatic heterocycles. The van der Waals surface area contributed by atoms with Crippen molar-refractivity contribution in [3.63, 3.8) is 0 Å². The molecule has 0 bridgehead atoms. The van der Waals surface area contributed by atoms with Crippen molar-refractivity contribution in [2.75, 3.05) is 20.1 Å². The molecule has 1 atom stereocenters. The van der Waals surface area contributed by atoms with Gasteiger partial charge in [-0.05, 0) is 14.0 Å². The number of hydrogen-bond acceptors (Lipinski definition) is 3. The van der Waals surface area contributed by atoms with E-state index in [0.29, 0.717) is 13.1 Å². The van der Waals surface area contributed by atoms with Gasteiger partial charge in [-0.1, -0.05) is 6.92 Å². The second kappa shape index (κ2) is 6.27. The van der Waals surface area contributed by atoms with E-state index in [4.69, 9.17) is 0 Å². The Morgan fingerprint density at radius 1 is 1.62 bits per heavy atom. The van der Waals surface area contributed by atoms with Gasteiger partial charge < -0.3 is 15.2 Å². The first kappa shape index (κ1) is 12.7. The first-order chi connectivity index (χ1) is 7.65. The average molecular weight is 224 g/mol. The Hall–Kier alpha value is -1.36. The molecular weight excluding hydrogens is 204 g/mol. The lowest BCUT2D eigenvalue weighted by atomic mass is 10.1. The molecule has 2 N–H and O–H groups in total. The van der Waals surface area contributed by atoms with Crippen LogP contribution < -0.4 is 10.6 Å². The largest absolute Gasteiger partial charge is 0.354 e. The lowest BCUT2D eigenvalue weighted by molar-refractivity contribution is -0.124. The predicted octanol–water partition coefficient (Wildman–Crippen LogP) is 0.163. The maximum Gasteiger partial charge on any atom is 0.224 e. The molecule has 1 heterocycles. The molecule has 1 amide bonds. The van der Waals surface area contributed by atoms with E-state index in [9.17, 15) is 4.79 Å². The van der Waals surface area contributed by atoms with Gasteiger partial charge in [0.15, 0.2) is 0 Å². The summed E-state index contributed by atoms with van der Waals surface area (Å²) in [6, 6.07) is 0. The first-order valence-electron chi connectivity index (χ1n) is 5.55. The molecule has 0 aliphatic carbocycles. The summed E-state index contributed by atoms with van der Waals surface area (Å²) in [4.78, 5) is 15.7. The van der Waals surface area contributed by atoms with E-state index in [1.807, 2.05) is 31.7 Å². The molecular formula is C11H20N4O. The van der Waals surface area contributed by atoms with Crippen molar-refractivity contribution in [2.45, 2.75) is 20.4 Å². The molecule has 1 rings (SSSR count). The monoisotopic (exact) mass is 224 g/mol. The molecule has 0 spiro atoms. The fourth-order valence-electron chi connectivity index (χ4n) is 1.51. The van der Waals surface area contributed by atoms with Gasteiger partial charge in [0.05, 0.1) is 0 Å². The van der Waals surface area contributed by atoms with Crippen molar-refractivity contribution in [3.8, 4) is 0 Å². The molecule has 0 saturated heterocycles. The van der Waals surface area contributed by atoms with Crippen molar-refractivity contribution in [1.29, 1.82) is 0 Å². The van der Waals surface area contributed by atoms with E-state index in [2.05, 4.69) is 15.6 Å². The third-order valence-electron chi connectivity index (χ3n) is 2.53. The molecule has 90 valence electrons. The zero-order chi connectivity index (χ0) is 12.0. The SMILES string of the molecule is CNCC(C)C(=O)NCCn1ccnc1C. The minimum Gasteiger partial charge on any atom is -0.354 e. The highest BCUT2D eigenvalue weighted by Gasteiger charge is 2.10. The van der Waals surface area contributed by atoms with Crippen molar-refractivity contribution in [2.24, 2.45) is 5.92 Å². The minimum atomic E-state index is 0.00823. The number of nitrogens with zero attached hydrogens (tertiary/aromatic N) is 2. The predicted molar refractivity (Wildman–Crippen MR) is 63.1 cm³/mol. The fourth-order valence-corrected chi connectivity index (χ4v) is 1.51. The molecule has 1 unspecified atom stereocenters. The molecule has 1 aromatic heterocycles. The Labute approximate surface area is 96.3 Å². The molecule has 5 nitrogen and oxygen atoms in total. The van der Waals surface area contributed by atoms with E-state index >= 15 is 0 Å². The molecule has 0 aliphatic rings. The summed E-state index contributed by atoms with van der Waals surface area (Å²) < 4.78 is 2.02. The topological polar surface area (TPSA) is 59.0 Å². The van der Waals surface area contributed by atoms with Crippen molar-refractivity contribution >= 4 is 5.91 Å². The zero-order valence-electron chi connectivity index (χ0n) is 10.2. The second-order valence-electron chi connectivity index (χ2n) is 3.92. The van der Waals surface area contributed by atoms with E-state index in [1.165, 1.54) is 0 Å². The highest BCUT2D eigenvalue weighted by Crippen LogP contribution is 1.95. The van der Waals surface area contributed by atoms with Crippen LogP contribution in [0, 0.1) is 12.8 Å². The van der Waals surface area contributed by atoms with Crippen molar-refractivity contribution in [3.05, 3.63) is 18.2 Å². The van der Waals surface area contributed by atoms with E-state index in [0.717, 1.165) is 12.4 Å². The highest BCUT2D eigenvalue weighted by atomic mass is 16.1. The molecule has 5 heteroatoms. The Balaban J connectivity index is 2.25. The van der Waals surface area contributed by atoms with Crippen LogP contribution >= 0.6 is 0 Å². The van der Waals surface area contributed by atoms with Gasteiger partial charge >= 0.3 is 0 Å². The normalized spacial score (nSPS) is 12.4. The summed E-state index contributed by atoms with van der Waals surface area (Å²) in [7, 11) is 1.85. The summed E-state index contributed by atoms with van der Waals surface area (Å²) in [5, 5.41) is 5.89. The number of carbonyl (C=O) groups is 1. The maximum absolute atomic E-state index is 11.6. The number of aromatic nitrogens is 2. The van der Waals surface area contributed by atoms with E-state index in [1.54, 1.807) is 6.20 Å². The Bertz CT molecular complexity index is 334. The summed E-state index contributed by atoms with van der Waals surface area (Å²) in [5.74, 6) is 1.07. The molecule has 1 aromatic rings. The quantitative estimate of drug-likeness (QED) is 0.724. The van der Waals surface area contributed by atoms with E-state index < -0.39 is 0 Å². The first-order valence-corrected chi connectivity index (χ1v) is 5.55. The van der Waals surface area contributed by atoms with Gasteiger partial charge in [-0.2, -0.15) is 0 Å². The summed E-state index contributed by atoms with van der Waals surface area (Å²) >= 11 is 0. The van der Waals surface area contributed by atoms with Crippen LogP contribution in [0.25, 0.3) is 0 Å². The molecule has 0 radical (unpaired) electrons. The van der Waals surface area contributed by atoms with Gasteiger partial charge in [0.2, 0.25) is 5.91 Å². The Morgan fingerprint density at radius 3 is 2.94 bits per heavy atom. The average Bonchev–Trinajstić information content (AvgIpc) is 2.65. The van der Waals surface area contributed by atoms with Crippen LogP contribution in [-0.2, 0) is 11.3 Å². The van der Waals surface area contributed by atoms with Crippen LogP contribution in [0.15, 0.2) is 12.4 Å². The lowest BCUT2D eigenvalue weighted by Gasteiger charge is -2.12. The lowest BCUT2D eigenvalue weighted by Crippen LogP contribution is -2.36. The minimum absolute atomic E-state index is 0.00823. The molecule has 0 fully saturated rings. The van der Waals surface area contributed by atoms with Crippen LogP contribution in [0.4, 0.5) is 0 Å². The number of amides is 1. The molecule has 0 aromatic carbocycles. The summed E-state index contributed by atoms with van der Waals surface area (Å²) in [5.41, 5.74) is 0. The van der Waals surface area contributed by atoms with Crippen LogP contribution in [0.3, 0.4) is 0 Å². The van der Waals surface area contributed by atoms with Crippen molar-refractivity contribution in [1.82, 2.24) is 20.2 Å². The van der Waals surface area contributed by atoms with Crippen LogP contribution in [0.1, 0.15) is 12.7 Å². The highest BCUT2D eigenvalue weighted by molar-refractivity contribution is 5.78. The summed E-state index contributed by atoms with van der Waals surface area (Å²) in [6.07, 6.45) is 3.68. The van der Waals surface area contributed by atoms with Crippen LogP contribution in [0.5, 0.6) is 0 Å². The fraction of sp³-hybridized carbons (Fsp3) is 0.636. The van der Waals surface area contributed by atoms with Crippen LogP contribution in [0.2, 0.25) is 0 Å². The summed E-state index contributed by atoms with van der Waals surface area (Å²) in [6.45, 7) is 5.98. The number of nitrogens with one attached hydrogen (secondary N) is 2. The third-order valence-corrected chi connectivity index (χ3v) is 2.53. The third kappa shape index (κ3) is 3.66. The zero-order valence-corrected chi connectivity index (χ0v) is 10.2. The number of carbonyl (C=O) groups excluding carboxylic acids is 1. The Morgan fingerprint density at radius 2 is 2.38 bits per heavy atom. The van der Waals surface area contributed by atoms with Crippen molar-refractivity contribution < 1.29 is 4.79 Å². The smallest absolute Gasteiger partial charge is 0.224 e. The van der Waals surface area contributed by atoms with Gasteiger partial charge in [0.1, 0.15) is 5.82 Å². The van der Waals surface area contributed by atoms with Gasteiger partial charge in [0.25, 0.3) is 0 Å². The number of imidazole rings is 1. The second-order valence-corrected chi connectivity index (χ2v) is 3.92. The van der Waals surface area contributed by atoms with E-state index in [-0.39, 0.29) is 11.8 Å². The number of aryl methyl sites for hydroxylation is 1. The van der Waals surface area contributed by atoms with Gasteiger partial charge in [-0.25, -0.2) is 4.98 Å². The van der Waals surface area contributed by atoms with Gasteiger partial charge in [-0.15, -0.1) is 0 Å². The molecule has 16 heavy (non-hydrogen) atoms. The molecule has 0 saturated carbocycles. The van der Waals surface area contributed by atoms with Crippen LogP contribution in [-0.4, -0.2) is 35.6 Å². The standard InChI is InChI=1S/C11H20N4O/c1-9(8-12-3)11(16)14-5-7-15-6-4-13-10(15)2/h4,6,9,12H,5,7-8H2,1-3H3,(H,14,16). The maximum atomic E-state index is 11.6. The number of hydrogen-bond donors (Lipinski definition) is 2.